The Morgan fingerprint density at radius 2 is 2.03 bits per heavy atom. The summed E-state index contributed by atoms with van der Waals surface area (Å²) in [6, 6.07) is 6.80. The Bertz CT molecular complexity index is 877. The molecule has 2 N–H and O–H groups in total. The third kappa shape index (κ3) is 5.42. The van der Waals surface area contributed by atoms with E-state index in [1.54, 1.807) is 6.07 Å². The molecular weight excluding hydrogens is 384 g/mol. The van der Waals surface area contributed by atoms with Gasteiger partial charge < -0.3 is 10.6 Å². The molecule has 2 heterocycles. The van der Waals surface area contributed by atoms with Crippen molar-refractivity contribution >= 4 is 28.3 Å². The van der Waals surface area contributed by atoms with Gasteiger partial charge in [0.1, 0.15) is 6.04 Å². The van der Waals surface area contributed by atoms with Gasteiger partial charge in [-0.2, -0.15) is 0 Å². The molecule has 1 aliphatic rings. The van der Waals surface area contributed by atoms with Crippen LogP contribution < -0.4 is 10.6 Å². The van der Waals surface area contributed by atoms with Crippen LogP contribution in [0.25, 0.3) is 0 Å². The summed E-state index contributed by atoms with van der Waals surface area (Å²) in [4.78, 5) is 33.9. The summed E-state index contributed by atoms with van der Waals surface area (Å²) in [6.45, 7) is 11.0. The van der Waals surface area contributed by atoms with Crippen molar-refractivity contribution in [2.75, 3.05) is 18.4 Å². The van der Waals surface area contributed by atoms with Crippen LogP contribution in [0.5, 0.6) is 0 Å². The lowest BCUT2D eigenvalue weighted by Gasteiger charge is -2.23. The molecule has 7 heteroatoms. The minimum Gasteiger partial charge on any atom is -0.340 e. The Morgan fingerprint density at radius 3 is 2.72 bits per heavy atom. The molecule has 0 bridgehead atoms. The molecule has 0 fully saturated rings. The van der Waals surface area contributed by atoms with Crippen LogP contribution in [0.15, 0.2) is 24.3 Å². The number of anilines is 1. The van der Waals surface area contributed by atoms with Gasteiger partial charge in [-0.3, -0.25) is 14.5 Å². The standard InChI is InChI=1S/C22H30N4O2S/c1-5-26-11-10-17-19(13-26)29-22(24-17)25-21(28)18(12-14(2)3)23-20(27)16-9-7-6-8-15(16)4/h6-9,14,18H,5,10-13H2,1-4H3,(H,23,27)(H,24,25,28). The van der Waals surface area contributed by atoms with Crippen LogP contribution in [-0.4, -0.2) is 40.8 Å². The van der Waals surface area contributed by atoms with Crippen molar-refractivity contribution in [3.63, 3.8) is 0 Å². The average Bonchev–Trinajstić information content (AvgIpc) is 3.08. The van der Waals surface area contributed by atoms with Crippen LogP contribution in [-0.2, 0) is 17.8 Å². The van der Waals surface area contributed by atoms with Gasteiger partial charge in [-0.1, -0.05) is 39.0 Å². The number of amides is 2. The highest BCUT2D eigenvalue weighted by Gasteiger charge is 2.25. The maximum atomic E-state index is 13.0. The molecule has 1 aliphatic heterocycles. The second-order valence-corrected chi connectivity index (χ2v) is 9.05. The lowest BCUT2D eigenvalue weighted by Crippen LogP contribution is -2.44. The Balaban J connectivity index is 1.70. The quantitative estimate of drug-likeness (QED) is 0.726. The first-order chi connectivity index (χ1) is 13.9. The number of likely N-dealkylation sites (N-methyl/N-ethyl adjacent to an activating group) is 1. The first kappa shape index (κ1) is 21.5. The summed E-state index contributed by atoms with van der Waals surface area (Å²) in [5.74, 6) is -0.162. The van der Waals surface area contributed by atoms with Crippen molar-refractivity contribution in [2.24, 2.45) is 5.92 Å². The molecule has 6 nitrogen and oxygen atoms in total. The summed E-state index contributed by atoms with van der Waals surface area (Å²) in [7, 11) is 0. The highest BCUT2D eigenvalue weighted by molar-refractivity contribution is 7.15. The van der Waals surface area contributed by atoms with E-state index >= 15 is 0 Å². The third-order valence-corrected chi connectivity index (χ3v) is 6.20. The van der Waals surface area contributed by atoms with Crippen LogP contribution >= 0.6 is 11.3 Å². The van der Waals surface area contributed by atoms with Crippen molar-refractivity contribution in [2.45, 2.75) is 53.1 Å². The molecule has 3 rings (SSSR count). The molecule has 2 amide bonds. The Kier molecular flexibility index (Phi) is 7.03. The fraction of sp³-hybridized carbons (Fsp3) is 0.500. The molecule has 156 valence electrons. The lowest BCUT2D eigenvalue weighted by molar-refractivity contribution is -0.118. The molecule has 1 unspecified atom stereocenters. The van der Waals surface area contributed by atoms with Crippen molar-refractivity contribution < 1.29 is 9.59 Å². The summed E-state index contributed by atoms with van der Waals surface area (Å²) in [6.07, 6.45) is 1.48. The van der Waals surface area contributed by atoms with E-state index in [1.165, 1.54) is 16.2 Å². The predicted molar refractivity (Wildman–Crippen MR) is 117 cm³/mol. The van der Waals surface area contributed by atoms with E-state index in [4.69, 9.17) is 0 Å². The second kappa shape index (κ2) is 9.50. The summed E-state index contributed by atoms with van der Waals surface area (Å²) < 4.78 is 0. The van der Waals surface area contributed by atoms with Gasteiger partial charge in [-0.05, 0) is 37.4 Å². The minimum atomic E-state index is -0.602. The number of carbonyl (C=O) groups is 2. The number of fused-ring (bicyclic) bond motifs is 1. The maximum Gasteiger partial charge on any atom is 0.252 e. The van der Waals surface area contributed by atoms with Gasteiger partial charge in [-0.15, -0.1) is 11.3 Å². The normalized spacial score (nSPS) is 15.1. The predicted octanol–water partition coefficient (Wildman–Crippen LogP) is 3.61. The number of hydrogen-bond donors (Lipinski definition) is 2. The van der Waals surface area contributed by atoms with Gasteiger partial charge >= 0.3 is 0 Å². The fourth-order valence-corrected chi connectivity index (χ4v) is 4.58. The topological polar surface area (TPSA) is 74.3 Å². The second-order valence-electron chi connectivity index (χ2n) is 7.97. The van der Waals surface area contributed by atoms with E-state index in [2.05, 4.69) is 27.4 Å². The molecule has 0 aliphatic carbocycles. The Hall–Kier alpha value is -2.25. The third-order valence-electron chi connectivity index (χ3n) is 5.21. The molecule has 0 saturated heterocycles. The van der Waals surface area contributed by atoms with Crippen molar-refractivity contribution in [1.29, 1.82) is 0 Å². The van der Waals surface area contributed by atoms with Crippen LogP contribution in [0, 0.1) is 12.8 Å². The van der Waals surface area contributed by atoms with Crippen molar-refractivity contribution in [3.8, 4) is 0 Å². The number of aromatic nitrogens is 1. The van der Waals surface area contributed by atoms with Crippen LogP contribution in [0.2, 0.25) is 0 Å². The van der Waals surface area contributed by atoms with Gasteiger partial charge in [0, 0.05) is 30.0 Å². The Labute approximate surface area is 176 Å². The van der Waals surface area contributed by atoms with E-state index in [0.717, 1.165) is 37.3 Å². The van der Waals surface area contributed by atoms with Crippen LogP contribution in [0.4, 0.5) is 5.13 Å². The minimum absolute atomic E-state index is 0.209. The number of carbonyl (C=O) groups excluding carboxylic acids is 2. The fourth-order valence-electron chi connectivity index (χ4n) is 3.53. The van der Waals surface area contributed by atoms with Crippen molar-refractivity contribution in [3.05, 3.63) is 46.0 Å². The van der Waals surface area contributed by atoms with Crippen LogP contribution in [0.1, 0.15) is 53.7 Å². The zero-order chi connectivity index (χ0) is 21.0. The smallest absolute Gasteiger partial charge is 0.252 e. The molecule has 1 aromatic carbocycles. The summed E-state index contributed by atoms with van der Waals surface area (Å²) in [5.41, 5.74) is 2.57. The van der Waals surface area contributed by atoms with E-state index in [9.17, 15) is 9.59 Å². The number of nitrogens with zero attached hydrogens (tertiary/aromatic N) is 2. The SMILES string of the molecule is CCN1CCc2nc(NC(=O)C(CC(C)C)NC(=O)c3ccccc3C)sc2C1. The first-order valence-corrected chi connectivity index (χ1v) is 11.1. The van der Waals surface area contributed by atoms with E-state index in [1.807, 2.05) is 39.0 Å². The van der Waals surface area contributed by atoms with Gasteiger partial charge in [-0.25, -0.2) is 4.98 Å². The molecule has 1 atom stereocenters. The number of rotatable bonds is 7. The monoisotopic (exact) mass is 414 g/mol. The first-order valence-electron chi connectivity index (χ1n) is 10.3. The summed E-state index contributed by atoms with van der Waals surface area (Å²) >= 11 is 1.54. The number of nitrogens with one attached hydrogen (secondary N) is 2. The molecule has 1 aromatic heterocycles. The van der Waals surface area contributed by atoms with Gasteiger partial charge in [0.15, 0.2) is 5.13 Å². The number of hydrogen-bond acceptors (Lipinski definition) is 5. The van der Waals surface area contributed by atoms with E-state index in [0.29, 0.717) is 17.1 Å². The molecule has 0 spiro atoms. The van der Waals surface area contributed by atoms with Gasteiger partial charge in [0.25, 0.3) is 5.91 Å². The Morgan fingerprint density at radius 1 is 1.28 bits per heavy atom. The van der Waals surface area contributed by atoms with Gasteiger partial charge in [0.2, 0.25) is 5.91 Å². The highest BCUT2D eigenvalue weighted by Crippen LogP contribution is 2.28. The lowest BCUT2D eigenvalue weighted by atomic mass is 10.0. The molecule has 29 heavy (non-hydrogen) atoms. The number of aryl methyl sites for hydroxylation is 1. The molecule has 2 aromatic rings. The number of thiazole rings is 1. The zero-order valence-electron chi connectivity index (χ0n) is 17.6. The largest absolute Gasteiger partial charge is 0.340 e. The van der Waals surface area contributed by atoms with E-state index < -0.39 is 6.04 Å². The zero-order valence-corrected chi connectivity index (χ0v) is 18.4. The molecule has 0 radical (unpaired) electrons. The van der Waals surface area contributed by atoms with Crippen LogP contribution in [0.3, 0.4) is 0 Å². The number of benzene rings is 1. The van der Waals surface area contributed by atoms with E-state index in [-0.39, 0.29) is 17.7 Å². The maximum absolute atomic E-state index is 13.0. The average molecular weight is 415 g/mol. The molecule has 0 saturated carbocycles. The van der Waals surface area contributed by atoms with Gasteiger partial charge in [0.05, 0.1) is 5.69 Å². The van der Waals surface area contributed by atoms with Crippen molar-refractivity contribution in [1.82, 2.24) is 15.2 Å². The summed E-state index contributed by atoms with van der Waals surface area (Å²) in [5, 5.41) is 6.49. The molecular formula is C22H30N4O2S. The highest BCUT2D eigenvalue weighted by atomic mass is 32.1.